The van der Waals surface area contributed by atoms with Crippen LogP contribution < -0.4 is 5.32 Å². The summed E-state index contributed by atoms with van der Waals surface area (Å²) in [6.45, 7) is 14.5. The van der Waals surface area contributed by atoms with Gasteiger partial charge in [0.25, 0.3) is 0 Å². The lowest BCUT2D eigenvalue weighted by molar-refractivity contribution is -0.0110. The Balaban J connectivity index is 1.78. The van der Waals surface area contributed by atoms with Gasteiger partial charge < -0.3 is 10.1 Å². The largest absolute Gasteiger partial charge is 0.379 e. The number of hydrogen-bond donors (Lipinski definition) is 1. The lowest BCUT2D eigenvalue weighted by Gasteiger charge is -2.42. The van der Waals surface area contributed by atoms with Crippen molar-refractivity contribution in [3.05, 3.63) is 0 Å². The van der Waals surface area contributed by atoms with E-state index in [-0.39, 0.29) is 5.54 Å². The van der Waals surface area contributed by atoms with Crippen molar-refractivity contribution in [2.45, 2.75) is 65.0 Å². The molecule has 0 bridgehead atoms. The third-order valence-electron chi connectivity index (χ3n) is 5.35. The summed E-state index contributed by atoms with van der Waals surface area (Å²) >= 11 is 0. The number of ether oxygens (including phenoxy) is 1. The number of rotatable bonds is 5. The molecule has 0 amide bonds. The summed E-state index contributed by atoms with van der Waals surface area (Å²) in [5.74, 6) is 1.76. The summed E-state index contributed by atoms with van der Waals surface area (Å²) in [4.78, 5) is 2.58. The molecule has 2 atom stereocenters. The summed E-state index contributed by atoms with van der Waals surface area (Å²) in [6.07, 6.45) is 5.57. The van der Waals surface area contributed by atoms with E-state index >= 15 is 0 Å². The van der Waals surface area contributed by atoms with Crippen LogP contribution in [0.3, 0.4) is 0 Å². The van der Waals surface area contributed by atoms with E-state index in [1.54, 1.807) is 0 Å². The third-order valence-corrected chi connectivity index (χ3v) is 5.35. The Morgan fingerprint density at radius 2 is 1.90 bits per heavy atom. The van der Waals surface area contributed by atoms with Gasteiger partial charge in [-0.2, -0.15) is 0 Å². The van der Waals surface area contributed by atoms with Crippen molar-refractivity contribution in [2.24, 2.45) is 11.8 Å². The zero-order chi connectivity index (χ0) is 14.6. The van der Waals surface area contributed by atoms with Gasteiger partial charge in [-0.25, -0.2) is 0 Å². The highest BCUT2D eigenvalue weighted by molar-refractivity contribution is 4.88. The molecular weight excluding hydrogens is 248 g/mol. The first kappa shape index (κ1) is 16.3. The van der Waals surface area contributed by atoms with Crippen LogP contribution in [0.1, 0.15) is 53.4 Å². The number of nitrogens with zero attached hydrogens (tertiary/aromatic N) is 1. The van der Waals surface area contributed by atoms with Gasteiger partial charge in [0.15, 0.2) is 0 Å². The standard InChI is InChI=1S/C17H34N2O/c1-14(2)15-6-5-7-16(12-15)18-13-17(3,4)19-8-10-20-11-9-19/h14-16,18H,5-13H2,1-4H3. The van der Waals surface area contributed by atoms with Crippen LogP contribution in [0.25, 0.3) is 0 Å². The van der Waals surface area contributed by atoms with Crippen molar-refractivity contribution in [3.8, 4) is 0 Å². The van der Waals surface area contributed by atoms with Crippen LogP contribution in [-0.4, -0.2) is 49.3 Å². The average Bonchev–Trinajstić information content (AvgIpc) is 2.46. The molecule has 118 valence electrons. The predicted molar refractivity (Wildman–Crippen MR) is 85.1 cm³/mol. The molecule has 2 aliphatic rings. The maximum Gasteiger partial charge on any atom is 0.0594 e. The maximum atomic E-state index is 5.47. The summed E-state index contributed by atoms with van der Waals surface area (Å²) in [6, 6.07) is 0.733. The Bertz CT molecular complexity index is 285. The SMILES string of the molecule is CC(C)C1CCCC(NCC(C)(C)N2CCOCC2)C1. The molecule has 0 radical (unpaired) electrons. The highest BCUT2D eigenvalue weighted by atomic mass is 16.5. The molecule has 1 heterocycles. The zero-order valence-electron chi connectivity index (χ0n) is 14.0. The van der Waals surface area contributed by atoms with Crippen molar-refractivity contribution >= 4 is 0 Å². The molecule has 2 unspecified atom stereocenters. The van der Waals surface area contributed by atoms with Crippen LogP contribution in [0.4, 0.5) is 0 Å². The van der Waals surface area contributed by atoms with Crippen molar-refractivity contribution < 1.29 is 4.74 Å². The van der Waals surface area contributed by atoms with Gasteiger partial charge in [0.1, 0.15) is 0 Å². The Labute approximate surface area is 125 Å². The zero-order valence-corrected chi connectivity index (χ0v) is 14.0. The molecule has 1 saturated heterocycles. The molecule has 0 spiro atoms. The minimum absolute atomic E-state index is 0.245. The van der Waals surface area contributed by atoms with Crippen molar-refractivity contribution in [1.82, 2.24) is 10.2 Å². The minimum atomic E-state index is 0.245. The summed E-state index contributed by atoms with van der Waals surface area (Å²) < 4.78 is 5.47. The van der Waals surface area contributed by atoms with Crippen LogP contribution in [-0.2, 0) is 4.74 Å². The van der Waals surface area contributed by atoms with Gasteiger partial charge in [0.05, 0.1) is 13.2 Å². The first-order valence-corrected chi connectivity index (χ1v) is 8.55. The van der Waals surface area contributed by atoms with E-state index in [0.717, 1.165) is 50.7 Å². The fourth-order valence-corrected chi connectivity index (χ4v) is 3.69. The molecule has 3 heteroatoms. The second kappa shape index (κ2) is 7.24. The van der Waals surface area contributed by atoms with E-state index < -0.39 is 0 Å². The lowest BCUT2D eigenvalue weighted by Crippen LogP contribution is -2.56. The Hall–Kier alpha value is -0.120. The molecule has 1 aliphatic heterocycles. The Morgan fingerprint density at radius 1 is 1.20 bits per heavy atom. The van der Waals surface area contributed by atoms with Crippen LogP contribution in [0.5, 0.6) is 0 Å². The summed E-state index contributed by atoms with van der Waals surface area (Å²) in [5.41, 5.74) is 0.245. The molecule has 1 saturated carbocycles. The molecule has 0 aromatic carbocycles. The minimum Gasteiger partial charge on any atom is -0.379 e. The topological polar surface area (TPSA) is 24.5 Å². The highest BCUT2D eigenvalue weighted by Gasteiger charge is 2.30. The number of nitrogens with one attached hydrogen (secondary N) is 1. The van der Waals surface area contributed by atoms with E-state index in [4.69, 9.17) is 4.74 Å². The molecule has 1 N–H and O–H groups in total. The molecule has 0 aromatic rings. The van der Waals surface area contributed by atoms with Crippen molar-refractivity contribution in [3.63, 3.8) is 0 Å². The Kier molecular flexibility index (Phi) is 5.88. The molecule has 2 fully saturated rings. The Morgan fingerprint density at radius 3 is 2.55 bits per heavy atom. The van der Waals surface area contributed by atoms with Gasteiger partial charge in [-0.1, -0.05) is 26.7 Å². The van der Waals surface area contributed by atoms with Crippen LogP contribution in [0.15, 0.2) is 0 Å². The van der Waals surface area contributed by atoms with Gasteiger partial charge in [-0.3, -0.25) is 4.90 Å². The van der Waals surface area contributed by atoms with Gasteiger partial charge in [0, 0.05) is 31.2 Å². The number of hydrogen-bond acceptors (Lipinski definition) is 3. The molecule has 3 nitrogen and oxygen atoms in total. The first-order valence-electron chi connectivity index (χ1n) is 8.55. The van der Waals surface area contributed by atoms with Gasteiger partial charge in [0.2, 0.25) is 0 Å². The van der Waals surface area contributed by atoms with Crippen LogP contribution >= 0.6 is 0 Å². The first-order chi connectivity index (χ1) is 9.49. The summed E-state index contributed by atoms with van der Waals surface area (Å²) in [7, 11) is 0. The normalized spacial score (nSPS) is 29.9. The van der Waals surface area contributed by atoms with Crippen molar-refractivity contribution in [1.29, 1.82) is 0 Å². The number of morpholine rings is 1. The third kappa shape index (κ3) is 4.44. The van der Waals surface area contributed by atoms with Gasteiger partial charge in [-0.15, -0.1) is 0 Å². The molecule has 20 heavy (non-hydrogen) atoms. The van der Waals surface area contributed by atoms with Crippen LogP contribution in [0, 0.1) is 11.8 Å². The molecular formula is C17H34N2O. The quantitative estimate of drug-likeness (QED) is 0.839. The second-order valence-corrected chi connectivity index (χ2v) is 7.66. The average molecular weight is 282 g/mol. The monoisotopic (exact) mass is 282 g/mol. The second-order valence-electron chi connectivity index (χ2n) is 7.66. The van der Waals surface area contributed by atoms with Gasteiger partial charge in [-0.05, 0) is 38.5 Å². The predicted octanol–water partition coefficient (Wildman–Crippen LogP) is 2.90. The molecule has 2 rings (SSSR count). The lowest BCUT2D eigenvalue weighted by atomic mass is 9.79. The smallest absolute Gasteiger partial charge is 0.0594 e. The van der Waals surface area contributed by atoms with E-state index in [0.29, 0.717) is 0 Å². The van der Waals surface area contributed by atoms with E-state index in [1.807, 2.05) is 0 Å². The molecule has 1 aliphatic carbocycles. The van der Waals surface area contributed by atoms with E-state index in [9.17, 15) is 0 Å². The fraction of sp³-hybridized carbons (Fsp3) is 1.00. The van der Waals surface area contributed by atoms with Crippen LogP contribution in [0.2, 0.25) is 0 Å². The van der Waals surface area contributed by atoms with Gasteiger partial charge >= 0.3 is 0 Å². The highest BCUT2D eigenvalue weighted by Crippen LogP contribution is 2.30. The van der Waals surface area contributed by atoms with Crippen molar-refractivity contribution in [2.75, 3.05) is 32.8 Å². The molecule has 0 aromatic heterocycles. The van der Waals surface area contributed by atoms with E-state index in [1.165, 1.54) is 25.7 Å². The maximum absolute atomic E-state index is 5.47. The fourth-order valence-electron chi connectivity index (χ4n) is 3.69. The van der Waals surface area contributed by atoms with E-state index in [2.05, 4.69) is 37.9 Å². The summed E-state index contributed by atoms with van der Waals surface area (Å²) in [5, 5.41) is 3.86.